The molecule has 1 heterocycles. The zero-order chi connectivity index (χ0) is 21.8. The van der Waals surface area contributed by atoms with Gasteiger partial charge in [-0.05, 0) is 48.5 Å². The second-order valence-corrected chi connectivity index (χ2v) is 8.82. The summed E-state index contributed by atoms with van der Waals surface area (Å²) in [5.74, 6) is 0.607. The molecule has 0 fully saturated rings. The van der Waals surface area contributed by atoms with Crippen LogP contribution in [0.1, 0.15) is 0 Å². The van der Waals surface area contributed by atoms with Crippen molar-refractivity contribution in [1.29, 1.82) is 0 Å². The van der Waals surface area contributed by atoms with Crippen LogP contribution in [0.5, 0.6) is 5.75 Å². The largest absolute Gasteiger partial charge is 0.497 e. The zero-order valence-corrected chi connectivity index (χ0v) is 17.7. The van der Waals surface area contributed by atoms with Crippen molar-refractivity contribution in [2.75, 3.05) is 18.0 Å². The van der Waals surface area contributed by atoms with E-state index in [1.165, 1.54) is 16.4 Å². The molecule has 0 amide bonds. The van der Waals surface area contributed by atoms with Crippen LogP contribution in [0.2, 0.25) is 0 Å². The number of ether oxygens (including phenoxy) is 1. The summed E-state index contributed by atoms with van der Waals surface area (Å²) < 4.78 is 34.7. The number of hydrogen-bond acceptors (Lipinski definition) is 6. The maximum atomic E-state index is 13.4. The Morgan fingerprint density at radius 3 is 2.39 bits per heavy atom. The smallest absolute Gasteiger partial charge is 0.264 e. The van der Waals surface area contributed by atoms with E-state index in [1.54, 1.807) is 54.3 Å². The number of sulfonamides is 1. The van der Waals surface area contributed by atoms with Gasteiger partial charge in [-0.15, -0.1) is 5.10 Å². The van der Waals surface area contributed by atoms with Crippen LogP contribution >= 0.6 is 0 Å². The van der Waals surface area contributed by atoms with Gasteiger partial charge in [0.1, 0.15) is 11.3 Å². The maximum absolute atomic E-state index is 13.4. The fourth-order valence-corrected chi connectivity index (χ4v) is 4.83. The van der Waals surface area contributed by atoms with E-state index in [2.05, 4.69) is 10.3 Å². The third kappa shape index (κ3) is 4.37. The van der Waals surface area contributed by atoms with E-state index in [0.717, 1.165) is 5.52 Å². The molecule has 1 unspecified atom stereocenters. The Bertz CT molecular complexity index is 1260. The van der Waals surface area contributed by atoms with Gasteiger partial charge in [0, 0.05) is 0 Å². The van der Waals surface area contributed by atoms with E-state index in [4.69, 9.17) is 4.74 Å². The van der Waals surface area contributed by atoms with Crippen LogP contribution in [0, 0.1) is 0 Å². The van der Waals surface area contributed by atoms with E-state index < -0.39 is 16.1 Å². The molecule has 1 N–H and O–H groups in total. The Balaban J connectivity index is 1.65. The molecule has 1 aromatic heterocycles. The number of anilines is 1. The predicted octanol–water partition coefficient (Wildman–Crippen LogP) is 2.70. The number of fused-ring (bicyclic) bond motifs is 1. The highest BCUT2D eigenvalue weighted by Crippen LogP contribution is 2.26. The second-order valence-electron chi connectivity index (χ2n) is 6.96. The van der Waals surface area contributed by atoms with Gasteiger partial charge >= 0.3 is 0 Å². The van der Waals surface area contributed by atoms with Crippen LogP contribution < -0.4 is 9.04 Å². The lowest BCUT2D eigenvalue weighted by molar-refractivity contribution is 0.159. The van der Waals surface area contributed by atoms with Crippen molar-refractivity contribution in [2.45, 2.75) is 17.5 Å². The lowest BCUT2D eigenvalue weighted by atomic mass is 10.2. The molecular formula is C22H22N4O4S. The third-order valence-corrected chi connectivity index (χ3v) is 6.68. The minimum absolute atomic E-state index is 0.0947. The molecule has 4 rings (SSSR count). The summed E-state index contributed by atoms with van der Waals surface area (Å²) in [5, 5.41) is 19.0. The van der Waals surface area contributed by atoms with Crippen LogP contribution in [-0.2, 0) is 16.6 Å². The minimum Gasteiger partial charge on any atom is -0.497 e. The number of para-hydroxylation sites is 1. The number of hydrogen-bond donors (Lipinski definition) is 1. The lowest BCUT2D eigenvalue weighted by Gasteiger charge is -2.27. The molecule has 0 saturated carbocycles. The van der Waals surface area contributed by atoms with Crippen molar-refractivity contribution in [3.8, 4) is 5.75 Å². The third-order valence-electron chi connectivity index (χ3n) is 4.87. The van der Waals surface area contributed by atoms with Crippen molar-refractivity contribution in [3.63, 3.8) is 0 Å². The number of aromatic nitrogens is 3. The monoisotopic (exact) mass is 438 g/mol. The molecule has 0 saturated heterocycles. The molecule has 0 aliphatic carbocycles. The first-order chi connectivity index (χ1) is 15.0. The summed E-state index contributed by atoms with van der Waals surface area (Å²) in [6.07, 6.45) is -1.02. The van der Waals surface area contributed by atoms with Gasteiger partial charge in [-0.3, -0.25) is 4.31 Å². The Labute approximate surface area is 180 Å². The first-order valence-corrected chi connectivity index (χ1v) is 11.1. The van der Waals surface area contributed by atoms with Crippen molar-refractivity contribution >= 4 is 26.7 Å². The summed E-state index contributed by atoms with van der Waals surface area (Å²) in [7, 11) is -2.36. The topological polar surface area (TPSA) is 97.6 Å². The number of methoxy groups -OCH3 is 1. The molecule has 0 bridgehead atoms. The summed E-state index contributed by atoms with van der Waals surface area (Å²) in [6.45, 7) is -0.0603. The Hall–Kier alpha value is -3.43. The molecule has 0 aliphatic rings. The van der Waals surface area contributed by atoms with E-state index in [1.807, 2.05) is 24.3 Å². The van der Waals surface area contributed by atoms with Gasteiger partial charge < -0.3 is 9.84 Å². The normalized spacial score (nSPS) is 12.6. The van der Waals surface area contributed by atoms with Gasteiger partial charge in [0.25, 0.3) is 10.0 Å². The highest BCUT2D eigenvalue weighted by Gasteiger charge is 2.27. The fourth-order valence-electron chi connectivity index (χ4n) is 3.31. The van der Waals surface area contributed by atoms with Gasteiger partial charge in [0.2, 0.25) is 0 Å². The number of rotatable bonds is 8. The molecule has 31 heavy (non-hydrogen) atoms. The van der Waals surface area contributed by atoms with Crippen LogP contribution in [0.15, 0.2) is 83.8 Å². The van der Waals surface area contributed by atoms with Crippen molar-refractivity contribution < 1.29 is 18.3 Å². The van der Waals surface area contributed by atoms with Gasteiger partial charge in [-0.2, -0.15) is 0 Å². The van der Waals surface area contributed by atoms with Crippen molar-refractivity contribution in [3.05, 3.63) is 78.9 Å². The summed E-state index contributed by atoms with van der Waals surface area (Å²) in [5.41, 5.74) is 1.90. The summed E-state index contributed by atoms with van der Waals surface area (Å²) >= 11 is 0. The molecule has 9 heteroatoms. The van der Waals surface area contributed by atoms with E-state index in [9.17, 15) is 13.5 Å². The molecule has 4 aromatic rings. The fraction of sp³-hybridized carbons (Fsp3) is 0.182. The average molecular weight is 439 g/mol. The first kappa shape index (κ1) is 20.8. The Kier molecular flexibility index (Phi) is 5.88. The maximum Gasteiger partial charge on any atom is 0.264 e. The lowest BCUT2D eigenvalue weighted by Crippen LogP contribution is -2.39. The Morgan fingerprint density at radius 2 is 1.68 bits per heavy atom. The van der Waals surface area contributed by atoms with Crippen LogP contribution in [-0.4, -0.2) is 48.3 Å². The van der Waals surface area contributed by atoms with Crippen LogP contribution in [0.25, 0.3) is 11.0 Å². The zero-order valence-electron chi connectivity index (χ0n) is 16.9. The van der Waals surface area contributed by atoms with Crippen molar-refractivity contribution in [1.82, 2.24) is 15.0 Å². The van der Waals surface area contributed by atoms with E-state index in [-0.39, 0.29) is 18.0 Å². The average Bonchev–Trinajstić information content (AvgIpc) is 3.21. The van der Waals surface area contributed by atoms with Gasteiger partial charge in [-0.1, -0.05) is 35.5 Å². The molecule has 0 radical (unpaired) electrons. The number of aliphatic hydroxyl groups excluding tert-OH is 1. The SMILES string of the molecule is COc1ccc(N(CC(O)Cn2nnc3ccccc32)S(=O)(=O)c2ccccc2)cc1. The van der Waals surface area contributed by atoms with Crippen LogP contribution in [0.4, 0.5) is 5.69 Å². The number of aliphatic hydroxyl groups is 1. The molecule has 0 spiro atoms. The molecule has 1 atom stereocenters. The molecule has 160 valence electrons. The second kappa shape index (κ2) is 8.75. The predicted molar refractivity (Wildman–Crippen MR) is 118 cm³/mol. The van der Waals surface area contributed by atoms with E-state index in [0.29, 0.717) is 17.0 Å². The van der Waals surface area contributed by atoms with Gasteiger partial charge in [0.15, 0.2) is 0 Å². The van der Waals surface area contributed by atoms with Crippen LogP contribution in [0.3, 0.4) is 0 Å². The van der Waals surface area contributed by atoms with Gasteiger partial charge in [-0.25, -0.2) is 13.1 Å². The quantitative estimate of drug-likeness (QED) is 0.454. The molecule has 0 aliphatic heterocycles. The molecule has 3 aromatic carbocycles. The summed E-state index contributed by atoms with van der Waals surface area (Å²) in [4.78, 5) is 0.143. The minimum atomic E-state index is -3.90. The standard InChI is InChI=1S/C22H22N4O4S/c1-30-19-13-11-17(12-14-19)26(31(28,29)20-7-3-2-4-8-20)16-18(27)15-25-22-10-6-5-9-21(22)23-24-25/h2-14,18,27H,15-16H2,1H3. The molecule has 8 nitrogen and oxygen atoms in total. The highest BCUT2D eigenvalue weighted by atomic mass is 32.2. The first-order valence-electron chi connectivity index (χ1n) is 9.67. The Morgan fingerprint density at radius 1 is 1.00 bits per heavy atom. The van der Waals surface area contributed by atoms with Gasteiger partial charge in [0.05, 0.1) is 42.4 Å². The molecular weight excluding hydrogens is 416 g/mol. The number of benzene rings is 3. The summed E-state index contributed by atoms with van der Waals surface area (Å²) in [6, 6.07) is 22.2. The highest BCUT2D eigenvalue weighted by molar-refractivity contribution is 7.92. The number of nitrogens with zero attached hydrogens (tertiary/aromatic N) is 4. The van der Waals surface area contributed by atoms with E-state index >= 15 is 0 Å². The van der Waals surface area contributed by atoms with Crippen molar-refractivity contribution in [2.24, 2.45) is 0 Å².